The average Bonchev–Trinajstić information content (AvgIpc) is 2.88. The normalized spacial score (nSPS) is 17.1. The summed E-state index contributed by atoms with van der Waals surface area (Å²) in [6, 6.07) is 2.90. The van der Waals surface area contributed by atoms with Crippen molar-refractivity contribution < 1.29 is 0 Å². The minimum Gasteiger partial charge on any atom is -0.303 e. The van der Waals surface area contributed by atoms with Crippen molar-refractivity contribution in [2.24, 2.45) is 0 Å². The Labute approximate surface area is 90.2 Å². The molecule has 0 N–H and O–H groups in total. The maximum absolute atomic E-state index is 4.28. The van der Waals surface area contributed by atoms with Crippen molar-refractivity contribution >= 4 is 8.07 Å². The zero-order valence-corrected chi connectivity index (χ0v) is 11.1. The molecule has 0 unspecified atom stereocenters. The van der Waals surface area contributed by atoms with E-state index in [-0.39, 0.29) is 0 Å². The summed E-state index contributed by atoms with van der Waals surface area (Å²) in [6.45, 7) is 13.9. The molecule has 2 heteroatoms. The Balaban J connectivity index is 2.64. The Morgan fingerprint density at radius 3 is 2.00 bits per heavy atom. The molecule has 0 aromatic heterocycles. The van der Waals surface area contributed by atoms with Crippen LogP contribution in [0.1, 0.15) is 33.6 Å². The third kappa shape index (κ3) is 2.96. The minimum atomic E-state index is -1.14. The summed E-state index contributed by atoms with van der Waals surface area (Å²) >= 11 is 0. The molecule has 1 nitrogen and oxygen atoms in total. The molecule has 0 spiro atoms. The minimum absolute atomic E-state index is 1.14. The Morgan fingerprint density at radius 1 is 1.21 bits per heavy atom. The van der Waals surface area contributed by atoms with E-state index >= 15 is 0 Å². The van der Waals surface area contributed by atoms with Crippen molar-refractivity contribution in [3.63, 3.8) is 0 Å². The van der Waals surface area contributed by atoms with Gasteiger partial charge in [-0.3, -0.25) is 0 Å². The zero-order chi connectivity index (χ0) is 10.6. The number of hydrogen-bond donors (Lipinski definition) is 0. The molecule has 0 aliphatic carbocycles. The molecule has 1 rings (SSSR count). The predicted octanol–water partition coefficient (Wildman–Crippen LogP) is 3.23. The maximum Gasteiger partial charge on any atom is 0.0946 e. The van der Waals surface area contributed by atoms with E-state index in [4.69, 9.17) is 0 Å². The van der Waals surface area contributed by atoms with E-state index < -0.39 is 8.07 Å². The van der Waals surface area contributed by atoms with Crippen LogP contribution in [0.4, 0.5) is 0 Å². The van der Waals surface area contributed by atoms with Crippen molar-refractivity contribution in [3.8, 4) is 0 Å². The smallest absolute Gasteiger partial charge is 0.0946 e. The van der Waals surface area contributed by atoms with Crippen LogP contribution in [-0.4, -0.2) is 32.2 Å². The van der Waals surface area contributed by atoms with E-state index in [0.717, 1.165) is 0 Å². The van der Waals surface area contributed by atoms with Crippen molar-refractivity contribution in [2.75, 3.05) is 19.3 Å². The van der Waals surface area contributed by atoms with Gasteiger partial charge in [-0.15, -0.1) is 6.58 Å². The average molecular weight is 211 g/mol. The van der Waals surface area contributed by atoms with Crippen molar-refractivity contribution in [2.45, 2.75) is 45.7 Å². The van der Waals surface area contributed by atoms with Gasteiger partial charge in [0, 0.05) is 13.1 Å². The van der Waals surface area contributed by atoms with Crippen LogP contribution in [-0.2, 0) is 0 Å². The quantitative estimate of drug-likeness (QED) is 0.461. The highest BCUT2D eigenvalue weighted by Gasteiger charge is 2.36. The predicted molar refractivity (Wildman–Crippen MR) is 67.2 cm³/mol. The van der Waals surface area contributed by atoms with Gasteiger partial charge in [-0.1, -0.05) is 44.0 Å². The van der Waals surface area contributed by atoms with Gasteiger partial charge in [-0.2, -0.15) is 0 Å². The van der Waals surface area contributed by atoms with Gasteiger partial charge in [0.2, 0.25) is 0 Å². The molecular formula is C12H25NSi. The van der Waals surface area contributed by atoms with E-state index in [1.54, 1.807) is 0 Å². The number of rotatable bonds is 7. The Morgan fingerprint density at radius 2 is 1.71 bits per heavy atom. The molecule has 82 valence electrons. The summed E-state index contributed by atoms with van der Waals surface area (Å²) in [6.07, 6.45) is 4.07. The van der Waals surface area contributed by atoms with Gasteiger partial charge in [-0.25, -0.2) is 0 Å². The standard InChI is InChI=1S/C12H25NSi/c1-5-9-14(10-6-2,12(3)4)11-13-7-8-13/h3,5-11H2,1-2,4H3. The van der Waals surface area contributed by atoms with Crippen LogP contribution in [0.25, 0.3) is 0 Å². The molecule has 0 aromatic carbocycles. The molecule has 1 aliphatic heterocycles. The van der Waals surface area contributed by atoms with E-state index in [0.29, 0.717) is 0 Å². The van der Waals surface area contributed by atoms with Crippen molar-refractivity contribution in [3.05, 3.63) is 11.8 Å². The SMILES string of the molecule is C=C(C)[Si](CCC)(CCC)CN1CC1. The van der Waals surface area contributed by atoms with Gasteiger partial charge in [0.05, 0.1) is 8.07 Å². The first-order chi connectivity index (χ1) is 6.64. The fourth-order valence-corrected chi connectivity index (χ4v) is 7.24. The molecule has 1 saturated heterocycles. The fourth-order valence-electron chi connectivity index (χ4n) is 2.46. The molecule has 0 amide bonds. The molecule has 0 saturated carbocycles. The summed E-state index contributed by atoms with van der Waals surface area (Å²) in [5.41, 5.74) is 0. The second kappa shape index (κ2) is 5.13. The first-order valence-electron chi connectivity index (χ1n) is 6.03. The highest BCUT2D eigenvalue weighted by Crippen LogP contribution is 2.29. The van der Waals surface area contributed by atoms with E-state index in [1.807, 2.05) is 0 Å². The van der Waals surface area contributed by atoms with Crippen LogP contribution >= 0.6 is 0 Å². The van der Waals surface area contributed by atoms with Gasteiger partial charge < -0.3 is 4.90 Å². The van der Waals surface area contributed by atoms with Crippen molar-refractivity contribution in [1.29, 1.82) is 0 Å². The lowest BCUT2D eigenvalue weighted by atomic mass is 10.6. The van der Waals surface area contributed by atoms with Crippen LogP contribution in [0.15, 0.2) is 11.8 Å². The van der Waals surface area contributed by atoms with Crippen molar-refractivity contribution in [1.82, 2.24) is 4.90 Å². The Hall–Kier alpha value is -0.0831. The Kier molecular flexibility index (Phi) is 4.39. The van der Waals surface area contributed by atoms with E-state index in [9.17, 15) is 0 Å². The molecular weight excluding hydrogens is 186 g/mol. The van der Waals surface area contributed by atoms with Gasteiger partial charge >= 0.3 is 0 Å². The first-order valence-corrected chi connectivity index (χ1v) is 8.65. The largest absolute Gasteiger partial charge is 0.303 e. The van der Waals surface area contributed by atoms with Gasteiger partial charge in [0.1, 0.15) is 0 Å². The highest BCUT2D eigenvalue weighted by molar-refractivity contribution is 6.86. The summed E-state index contributed by atoms with van der Waals surface area (Å²) in [5, 5.41) is 1.54. The fraction of sp³-hybridized carbons (Fsp3) is 0.833. The monoisotopic (exact) mass is 211 g/mol. The zero-order valence-electron chi connectivity index (χ0n) is 10.1. The van der Waals surface area contributed by atoms with Gasteiger partial charge in [0.15, 0.2) is 0 Å². The molecule has 0 aromatic rings. The lowest BCUT2D eigenvalue weighted by Gasteiger charge is -2.32. The summed E-state index contributed by atoms with van der Waals surface area (Å²) in [5.74, 6) is 0. The van der Waals surface area contributed by atoms with Crippen LogP contribution in [0.2, 0.25) is 12.1 Å². The van der Waals surface area contributed by atoms with Crippen LogP contribution in [0.3, 0.4) is 0 Å². The number of allylic oxidation sites excluding steroid dienone is 1. The summed E-state index contributed by atoms with van der Waals surface area (Å²) < 4.78 is 0. The van der Waals surface area contributed by atoms with Crippen LogP contribution < -0.4 is 0 Å². The molecule has 1 fully saturated rings. The summed E-state index contributed by atoms with van der Waals surface area (Å²) in [7, 11) is -1.14. The topological polar surface area (TPSA) is 3.01 Å². The lowest BCUT2D eigenvalue weighted by molar-refractivity contribution is 0.640. The van der Waals surface area contributed by atoms with Gasteiger partial charge in [0.25, 0.3) is 0 Å². The van der Waals surface area contributed by atoms with E-state index in [1.165, 1.54) is 49.4 Å². The van der Waals surface area contributed by atoms with E-state index in [2.05, 4.69) is 32.3 Å². The molecule has 1 aliphatic rings. The second-order valence-corrected chi connectivity index (χ2v) is 9.57. The molecule has 0 atom stereocenters. The number of hydrogen-bond acceptors (Lipinski definition) is 1. The van der Waals surface area contributed by atoms with Crippen LogP contribution in [0, 0.1) is 0 Å². The third-order valence-corrected chi connectivity index (χ3v) is 9.21. The third-order valence-electron chi connectivity index (χ3n) is 3.43. The first kappa shape index (κ1) is 12.0. The number of nitrogens with zero attached hydrogens (tertiary/aromatic N) is 1. The molecule has 0 radical (unpaired) electrons. The lowest BCUT2D eigenvalue weighted by Crippen LogP contribution is -2.43. The van der Waals surface area contributed by atoms with Gasteiger partial charge in [-0.05, 0) is 13.1 Å². The second-order valence-electron chi connectivity index (χ2n) is 4.84. The Bertz CT molecular complexity index is 190. The molecule has 0 bridgehead atoms. The van der Waals surface area contributed by atoms with Crippen LogP contribution in [0.5, 0.6) is 0 Å². The molecule has 14 heavy (non-hydrogen) atoms. The summed E-state index contributed by atoms with van der Waals surface area (Å²) in [4.78, 5) is 2.60. The highest BCUT2D eigenvalue weighted by atomic mass is 28.3. The maximum atomic E-state index is 4.28. The molecule has 1 heterocycles.